The van der Waals surface area contributed by atoms with E-state index < -0.39 is 0 Å². The summed E-state index contributed by atoms with van der Waals surface area (Å²) in [7, 11) is 0. The molecule has 1 heterocycles. The zero-order valence-corrected chi connectivity index (χ0v) is 10.9. The molecule has 0 radical (unpaired) electrons. The van der Waals surface area contributed by atoms with Gasteiger partial charge in [-0.05, 0) is 36.8 Å². The van der Waals surface area contributed by atoms with Gasteiger partial charge in [0.2, 0.25) is 0 Å². The van der Waals surface area contributed by atoms with Crippen molar-refractivity contribution < 1.29 is 5.11 Å². The van der Waals surface area contributed by atoms with Crippen molar-refractivity contribution >= 4 is 0 Å². The van der Waals surface area contributed by atoms with Gasteiger partial charge in [0.1, 0.15) is 0 Å². The number of nitrogens with zero attached hydrogens (tertiary/aromatic N) is 1. The van der Waals surface area contributed by atoms with Gasteiger partial charge in [0.25, 0.3) is 0 Å². The first kappa shape index (κ1) is 12.6. The molecule has 1 aliphatic rings. The molecule has 0 aromatic heterocycles. The van der Waals surface area contributed by atoms with E-state index in [4.69, 9.17) is 5.11 Å². The molecule has 1 aromatic carbocycles. The number of rotatable bonds is 3. The Balaban J connectivity index is 1.98. The molecule has 2 heteroatoms. The molecule has 0 bridgehead atoms. The molecule has 0 amide bonds. The molecule has 1 saturated heterocycles. The lowest BCUT2D eigenvalue weighted by Gasteiger charge is -2.36. The van der Waals surface area contributed by atoms with Crippen molar-refractivity contribution in [2.45, 2.75) is 45.9 Å². The van der Waals surface area contributed by atoms with Crippen LogP contribution in [0.15, 0.2) is 24.3 Å². The Hall–Kier alpha value is -0.860. The van der Waals surface area contributed by atoms with E-state index >= 15 is 0 Å². The average Bonchev–Trinajstić information content (AvgIpc) is 2.35. The van der Waals surface area contributed by atoms with Gasteiger partial charge in [-0.15, -0.1) is 0 Å². The fraction of sp³-hybridized carbons (Fsp3) is 0.600. The molecular weight excluding hydrogens is 210 g/mol. The molecule has 0 saturated carbocycles. The molecule has 17 heavy (non-hydrogen) atoms. The van der Waals surface area contributed by atoms with Gasteiger partial charge in [-0.2, -0.15) is 0 Å². The minimum atomic E-state index is 0.136. The lowest BCUT2D eigenvalue weighted by molar-refractivity contribution is 0.117. The second-order valence-electron chi connectivity index (χ2n) is 5.44. The minimum absolute atomic E-state index is 0.136. The highest BCUT2D eigenvalue weighted by atomic mass is 16.3. The normalized spacial score (nSPS) is 26.1. The number of likely N-dealkylation sites (tertiary alicyclic amines) is 1. The first-order valence-corrected chi connectivity index (χ1v) is 6.61. The zero-order valence-electron chi connectivity index (χ0n) is 10.9. The smallest absolute Gasteiger partial charge is 0.0681 e. The Morgan fingerprint density at radius 2 is 1.76 bits per heavy atom. The molecule has 1 aromatic rings. The van der Waals surface area contributed by atoms with Crippen LogP contribution in [0.25, 0.3) is 0 Å². The van der Waals surface area contributed by atoms with E-state index in [1.54, 1.807) is 0 Å². The van der Waals surface area contributed by atoms with Crippen molar-refractivity contribution in [3.8, 4) is 0 Å². The largest absolute Gasteiger partial charge is 0.392 e. The van der Waals surface area contributed by atoms with E-state index in [2.05, 4.69) is 30.9 Å². The van der Waals surface area contributed by atoms with Crippen LogP contribution in [0.1, 0.15) is 37.8 Å². The monoisotopic (exact) mass is 233 g/mol. The zero-order chi connectivity index (χ0) is 12.3. The number of aliphatic hydroxyl groups excluding tert-OH is 1. The summed E-state index contributed by atoms with van der Waals surface area (Å²) in [5.41, 5.74) is 2.34. The molecule has 2 rings (SSSR count). The Kier molecular flexibility index (Phi) is 4.19. The molecule has 0 aliphatic carbocycles. The average molecular weight is 233 g/mol. The number of benzene rings is 1. The number of piperidine rings is 1. The molecule has 1 N–H and O–H groups in total. The Morgan fingerprint density at radius 1 is 1.12 bits per heavy atom. The SMILES string of the molecule is CC1CCC(C)N(Cc2ccc(CO)cc2)C1. The predicted octanol–water partition coefficient (Wildman–Crippen LogP) is 2.80. The second-order valence-corrected chi connectivity index (χ2v) is 5.44. The van der Waals surface area contributed by atoms with E-state index in [-0.39, 0.29) is 6.61 Å². The third-order valence-corrected chi connectivity index (χ3v) is 3.84. The third-order valence-electron chi connectivity index (χ3n) is 3.84. The topological polar surface area (TPSA) is 23.5 Å². The van der Waals surface area contributed by atoms with Gasteiger partial charge in [0.05, 0.1) is 6.61 Å². The second kappa shape index (κ2) is 5.65. The van der Waals surface area contributed by atoms with Gasteiger partial charge in [-0.25, -0.2) is 0 Å². The minimum Gasteiger partial charge on any atom is -0.392 e. The summed E-state index contributed by atoms with van der Waals surface area (Å²) in [4.78, 5) is 2.57. The van der Waals surface area contributed by atoms with Crippen LogP contribution < -0.4 is 0 Å². The lowest BCUT2D eigenvalue weighted by Crippen LogP contribution is -2.40. The Morgan fingerprint density at radius 3 is 2.41 bits per heavy atom. The first-order valence-electron chi connectivity index (χ1n) is 6.61. The number of hydrogen-bond donors (Lipinski definition) is 1. The van der Waals surface area contributed by atoms with Crippen LogP contribution in [0.3, 0.4) is 0 Å². The lowest BCUT2D eigenvalue weighted by atomic mass is 9.94. The maximum atomic E-state index is 9.02. The first-order chi connectivity index (χ1) is 8.19. The van der Waals surface area contributed by atoms with Crippen LogP contribution in [0.5, 0.6) is 0 Å². The van der Waals surface area contributed by atoms with Gasteiger partial charge >= 0.3 is 0 Å². The van der Waals surface area contributed by atoms with Gasteiger partial charge in [0.15, 0.2) is 0 Å². The van der Waals surface area contributed by atoms with Crippen molar-refractivity contribution in [3.05, 3.63) is 35.4 Å². The number of aliphatic hydroxyl groups is 1. The van der Waals surface area contributed by atoms with Crippen molar-refractivity contribution in [2.24, 2.45) is 5.92 Å². The molecule has 2 unspecified atom stereocenters. The maximum absolute atomic E-state index is 9.02. The van der Waals surface area contributed by atoms with Crippen molar-refractivity contribution in [3.63, 3.8) is 0 Å². The molecule has 0 spiro atoms. The maximum Gasteiger partial charge on any atom is 0.0681 e. The van der Waals surface area contributed by atoms with E-state index in [1.165, 1.54) is 24.9 Å². The highest BCUT2D eigenvalue weighted by molar-refractivity contribution is 5.22. The summed E-state index contributed by atoms with van der Waals surface area (Å²) in [6, 6.07) is 9.01. The van der Waals surface area contributed by atoms with Crippen molar-refractivity contribution in [2.75, 3.05) is 6.54 Å². The molecule has 2 atom stereocenters. The molecule has 1 aliphatic heterocycles. The van der Waals surface area contributed by atoms with Crippen LogP contribution in [0.2, 0.25) is 0 Å². The summed E-state index contributed by atoms with van der Waals surface area (Å²) in [5.74, 6) is 0.822. The number of hydrogen-bond acceptors (Lipinski definition) is 2. The van der Waals surface area contributed by atoms with Crippen molar-refractivity contribution in [1.29, 1.82) is 0 Å². The van der Waals surface area contributed by atoms with E-state index in [1.807, 2.05) is 12.1 Å². The Bertz CT molecular complexity index is 346. The molecular formula is C15H23NO. The van der Waals surface area contributed by atoms with E-state index in [9.17, 15) is 0 Å². The van der Waals surface area contributed by atoms with Gasteiger partial charge < -0.3 is 5.11 Å². The Labute approximate surface area is 104 Å². The molecule has 1 fully saturated rings. The van der Waals surface area contributed by atoms with E-state index in [0.717, 1.165) is 18.0 Å². The summed E-state index contributed by atoms with van der Waals surface area (Å²) >= 11 is 0. The van der Waals surface area contributed by atoms with E-state index in [0.29, 0.717) is 6.04 Å². The summed E-state index contributed by atoms with van der Waals surface area (Å²) in [5, 5.41) is 9.02. The third kappa shape index (κ3) is 3.30. The van der Waals surface area contributed by atoms with Crippen LogP contribution >= 0.6 is 0 Å². The summed E-state index contributed by atoms with van der Waals surface area (Å²) in [6.45, 7) is 7.05. The predicted molar refractivity (Wildman–Crippen MR) is 70.6 cm³/mol. The van der Waals surface area contributed by atoms with Gasteiger partial charge in [-0.1, -0.05) is 31.2 Å². The van der Waals surface area contributed by atoms with Gasteiger partial charge in [0, 0.05) is 19.1 Å². The van der Waals surface area contributed by atoms with Crippen LogP contribution in [-0.2, 0) is 13.2 Å². The fourth-order valence-electron chi connectivity index (χ4n) is 2.58. The summed E-state index contributed by atoms with van der Waals surface area (Å²) < 4.78 is 0. The van der Waals surface area contributed by atoms with Crippen LogP contribution in [0.4, 0.5) is 0 Å². The molecule has 94 valence electrons. The van der Waals surface area contributed by atoms with Crippen molar-refractivity contribution in [1.82, 2.24) is 4.90 Å². The standard InChI is InChI=1S/C15H23NO/c1-12-3-4-13(2)16(9-12)10-14-5-7-15(11-17)8-6-14/h5-8,12-13,17H,3-4,9-11H2,1-2H3. The highest BCUT2D eigenvalue weighted by Gasteiger charge is 2.22. The van der Waals surface area contributed by atoms with Gasteiger partial charge in [-0.3, -0.25) is 4.90 Å². The summed E-state index contributed by atoms with van der Waals surface area (Å²) in [6.07, 6.45) is 2.68. The fourth-order valence-corrected chi connectivity index (χ4v) is 2.58. The quantitative estimate of drug-likeness (QED) is 0.867. The molecule has 2 nitrogen and oxygen atoms in total. The highest BCUT2D eigenvalue weighted by Crippen LogP contribution is 2.23. The van der Waals surface area contributed by atoms with Crippen LogP contribution in [-0.4, -0.2) is 22.6 Å². The van der Waals surface area contributed by atoms with Crippen LogP contribution in [0, 0.1) is 5.92 Å².